The molecule has 21 heavy (non-hydrogen) atoms. The fourth-order valence-electron chi connectivity index (χ4n) is 1.87. The summed E-state index contributed by atoms with van der Waals surface area (Å²) >= 11 is 1.71. The molecule has 1 heterocycles. The van der Waals surface area contributed by atoms with Gasteiger partial charge in [0, 0.05) is 29.8 Å². The van der Waals surface area contributed by atoms with Gasteiger partial charge in [0.2, 0.25) is 0 Å². The Morgan fingerprint density at radius 2 is 2.00 bits per heavy atom. The van der Waals surface area contributed by atoms with Crippen molar-refractivity contribution in [1.82, 2.24) is 10.3 Å². The molecule has 5 heteroatoms. The maximum Gasteiger partial charge on any atom is 0.319 e. The molecule has 2 amide bonds. The number of thioether (sulfide) groups is 1. The van der Waals surface area contributed by atoms with Gasteiger partial charge in [0.05, 0.1) is 5.69 Å². The first-order valence-corrected chi connectivity index (χ1v) is 7.94. The maximum absolute atomic E-state index is 11.9. The van der Waals surface area contributed by atoms with Crippen LogP contribution in [0.15, 0.2) is 53.6 Å². The summed E-state index contributed by atoms with van der Waals surface area (Å²) in [4.78, 5) is 17.2. The molecule has 0 aliphatic heterocycles. The molecule has 0 aliphatic rings. The molecule has 1 aromatic carbocycles. The van der Waals surface area contributed by atoms with Gasteiger partial charge in [0.15, 0.2) is 0 Å². The number of carbonyl (C=O) groups excluding carboxylic acids is 1. The Balaban J connectivity index is 1.82. The van der Waals surface area contributed by atoms with Gasteiger partial charge >= 0.3 is 6.03 Å². The third-order valence-corrected chi connectivity index (χ3v) is 3.78. The smallest absolute Gasteiger partial charge is 0.319 e. The van der Waals surface area contributed by atoms with Crippen LogP contribution in [0.3, 0.4) is 0 Å². The van der Waals surface area contributed by atoms with Crippen molar-refractivity contribution in [1.29, 1.82) is 0 Å². The molecule has 1 aromatic heterocycles. The third kappa shape index (κ3) is 5.11. The monoisotopic (exact) mass is 301 g/mol. The van der Waals surface area contributed by atoms with Crippen LogP contribution in [-0.2, 0) is 6.42 Å². The summed E-state index contributed by atoms with van der Waals surface area (Å²) in [5.74, 6) is 0.972. The van der Waals surface area contributed by atoms with Crippen molar-refractivity contribution in [3.05, 3.63) is 54.4 Å². The highest BCUT2D eigenvalue weighted by atomic mass is 32.2. The van der Waals surface area contributed by atoms with Crippen LogP contribution in [-0.4, -0.2) is 23.3 Å². The summed E-state index contributed by atoms with van der Waals surface area (Å²) < 4.78 is 0. The van der Waals surface area contributed by atoms with Gasteiger partial charge in [0.1, 0.15) is 0 Å². The first-order valence-electron chi connectivity index (χ1n) is 6.96. The number of anilines is 1. The number of urea groups is 1. The van der Waals surface area contributed by atoms with E-state index in [1.807, 2.05) is 42.5 Å². The van der Waals surface area contributed by atoms with Crippen molar-refractivity contribution in [3.8, 4) is 0 Å². The zero-order chi connectivity index (χ0) is 14.9. The second-order valence-corrected chi connectivity index (χ2v) is 5.69. The standard InChI is InChI=1S/C16H19N3OS/c1-2-21-15-9-4-3-8-14(15)19-16(20)18-12-10-13-7-5-6-11-17-13/h3-9,11H,2,10,12H2,1H3,(H2,18,19,20). The van der Waals surface area contributed by atoms with E-state index in [-0.39, 0.29) is 6.03 Å². The number of hydrogen-bond acceptors (Lipinski definition) is 3. The number of aromatic nitrogens is 1. The van der Waals surface area contributed by atoms with Crippen molar-refractivity contribution < 1.29 is 4.79 Å². The normalized spacial score (nSPS) is 10.1. The number of rotatable bonds is 6. The van der Waals surface area contributed by atoms with Gasteiger partial charge in [-0.25, -0.2) is 4.79 Å². The molecule has 2 aromatic rings. The minimum Gasteiger partial charge on any atom is -0.337 e. The number of nitrogens with zero attached hydrogens (tertiary/aromatic N) is 1. The molecular formula is C16H19N3OS. The highest BCUT2D eigenvalue weighted by Gasteiger charge is 2.05. The largest absolute Gasteiger partial charge is 0.337 e. The van der Waals surface area contributed by atoms with E-state index in [0.717, 1.165) is 28.5 Å². The van der Waals surface area contributed by atoms with E-state index in [2.05, 4.69) is 22.5 Å². The number of pyridine rings is 1. The molecule has 0 saturated carbocycles. The Hall–Kier alpha value is -2.01. The van der Waals surface area contributed by atoms with E-state index in [1.54, 1.807) is 18.0 Å². The van der Waals surface area contributed by atoms with Crippen LogP contribution in [0.2, 0.25) is 0 Å². The fraction of sp³-hybridized carbons (Fsp3) is 0.250. The Morgan fingerprint density at radius 1 is 1.19 bits per heavy atom. The van der Waals surface area contributed by atoms with Crippen LogP contribution in [0.1, 0.15) is 12.6 Å². The number of hydrogen-bond donors (Lipinski definition) is 2. The van der Waals surface area contributed by atoms with E-state index >= 15 is 0 Å². The Labute approximate surface area is 129 Å². The zero-order valence-corrected chi connectivity index (χ0v) is 12.8. The summed E-state index contributed by atoms with van der Waals surface area (Å²) in [6, 6.07) is 13.4. The molecule has 0 unspecified atom stereocenters. The quantitative estimate of drug-likeness (QED) is 0.802. The predicted octanol–water partition coefficient (Wildman–Crippen LogP) is 3.56. The highest BCUT2D eigenvalue weighted by molar-refractivity contribution is 7.99. The van der Waals surface area contributed by atoms with Gasteiger partial charge in [-0.05, 0) is 30.0 Å². The lowest BCUT2D eigenvalue weighted by molar-refractivity contribution is 0.252. The number of carbonyl (C=O) groups is 1. The van der Waals surface area contributed by atoms with Gasteiger partial charge in [0.25, 0.3) is 0 Å². The molecule has 4 nitrogen and oxygen atoms in total. The average molecular weight is 301 g/mol. The molecule has 2 rings (SSSR count). The maximum atomic E-state index is 11.9. The molecule has 0 spiro atoms. The average Bonchev–Trinajstić information content (AvgIpc) is 2.50. The molecule has 2 N–H and O–H groups in total. The Kier molecular flexibility index (Phi) is 6.09. The second-order valence-electron chi connectivity index (χ2n) is 4.38. The van der Waals surface area contributed by atoms with Crippen molar-refractivity contribution in [2.24, 2.45) is 0 Å². The lowest BCUT2D eigenvalue weighted by Gasteiger charge is -2.11. The summed E-state index contributed by atoms with van der Waals surface area (Å²) in [5, 5.41) is 5.74. The van der Waals surface area contributed by atoms with Crippen molar-refractivity contribution in [2.75, 3.05) is 17.6 Å². The molecule has 0 atom stereocenters. The SMILES string of the molecule is CCSc1ccccc1NC(=O)NCCc1ccccn1. The molecule has 0 saturated heterocycles. The number of benzene rings is 1. The molecule has 0 aliphatic carbocycles. The van der Waals surface area contributed by atoms with Crippen molar-refractivity contribution in [2.45, 2.75) is 18.2 Å². The number of nitrogens with one attached hydrogen (secondary N) is 2. The van der Waals surface area contributed by atoms with Gasteiger partial charge in [-0.1, -0.05) is 25.1 Å². The molecular weight excluding hydrogens is 282 g/mol. The van der Waals surface area contributed by atoms with Crippen LogP contribution < -0.4 is 10.6 Å². The van der Waals surface area contributed by atoms with E-state index in [9.17, 15) is 4.79 Å². The molecule has 0 bridgehead atoms. The van der Waals surface area contributed by atoms with Gasteiger partial charge in [-0.15, -0.1) is 11.8 Å². The minimum atomic E-state index is -0.185. The van der Waals surface area contributed by atoms with E-state index < -0.39 is 0 Å². The molecule has 110 valence electrons. The topological polar surface area (TPSA) is 54.0 Å². The number of amides is 2. The summed E-state index contributed by atoms with van der Waals surface area (Å²) in [6.07, 6.45) is 2.48. The van der Waals surface area contributed by atoms with E-state index in [1.165, 1.54) is 0 Å². The first kappa shape index (κ1) is 15.4. The van der Waals surface area contributed by atoms with Crippen molar-refractivity contribution >= 4 is 23.5 Å². The second kappa shape index (κ2) is 8.32. The van der Waals surface area contributed by atoms with Crippen LogP contribution >= 0.6 is 11.8 Å². The fourth-order valence-corrected chi connectivity index (χ4v) is 2.63. The van der Waals surface area contributed by atoms with Gasteiger partial charge in [-0.2, -0.15) is 0 Å². The Bertz CT molecular complexity index is 575. The van der Waals surface area contributed by atoms with Crippen molar-refractivity contribution in [3.63, 3.8) is 0 Å². The molecule has 0 radical (unpaired) electrons. The van der Waals surface area contributed by atoms with Gasteiger partial charge < -0.3 is 10.6 Å². The zero-order valence-electron chi connectivity index (χ0n) is 12.0. The van der Waals surface area contributed by atoms with Crippen LogP contribution in [0.5, 0.6) is 0 Å². The first-order chi connectivity index (χ1) is 10.3. The lowest BCUT2D eigenvalue weighted by Crippen LogP contribution is -2.30. The predicted molar refractivity (Wildman–Crippen MR) is 87.8 cm³/mol. The van der Waals surface area contributed by atoms with E-state index in [0.29, 0.717) is 6.54 Å². The molecule has 0 fully saturated rings. The third-order valence-electron chi connectivity index (χ3n) is 2.83. The minimum absolute atomic E-state index is 0.185. The highest BCUT2D eigenvalue weighted by Crippen LogP contribution is 2.26. The summed E-state index contributed by atoms with van der Waals surface area (Å²) in [7, 11) is 0. The summed E-state index contributed by atoms with van der Waals surface area (Å²) in [6.45, 7) is 2.65. The van der Waals surface area contributed by atoms with E-state index in [4.69, 9.17) is 0 Å². The Morgan fingerprint density at radius 3 is 2.76 bits per heavy atom. The van der Waals surface area contributed by atoms with Crippen LogP contribution in [0.4, 0.5) is 10.5 Å². The van der Waals surface area contributed by atoms with Crippen LogP contribution in [0, 0.1) is 0 Å². The van der Waals surface area contributed by atoms with Crippen LogP contribution in [0.25, 0.3) is 0 Å². The lowest BCUT2D eigenvalue weighted by atomic mass is 10.3. The number of para-hydroxylation sites is 1. The summed E-state index contributed by atoms with van der Waals surface area (Å²) in [5.41, 5.74) is 1.82. The van der Waals surface area contributed by atoms with Gasteiger partial charge in [-0.3, -0.25) is 4.98 Å².